The average molecular weight is 247 g/mol. The van der Waals surface area contributed by atoms with Crippen molar-refractivity contribution >= 4 is 0 Å². The predicted octanol–water partition coefficient (Wildman–Crippen LogP) is 3.63. The number of rotatable bonds is 6. The van der Waals surface area contributed by atoms with Crippen LogP contribution in [0.1, 0.15) is 49.7 Å². The zero-order valence-electron chi connectivity index (χ0n) is 12.1. The van der Waals surface area contributed by atoms with Gasteiger partial charge in [0.15, 0.2) is 0 Å². The number of ether oxygens (including phenoxy) is 1. The Labute approximate surface area is 111 Å². The van der Waals surface area contributed by atoms with E-state index < -0.39 is 0 Å². The quantitative estimate of drug-likeness (QED) is 0.761. The van der Waals surface area contributed by atoms with Gasteiger partial charge in [0.25, 0.3) is 0 Å². The summed E-state index contributed by atoms with van der Waals surface area (Å²) < 4.78 is 5.82. The number of hydrogen-bond donors (Lipinski definition) is 0. The maximum Gasteiger partial charge on any atom is 0.119 e. The molecule has 0 aliphatic heterocycles. The summed E-state index contributed by atoms with van der Waals surface area (Å²) in [5.41, 5.74) is 3.02. The van der Waals surface area contributed by atoms with Crippen LogP contribution >= 0.6 is 0 Å². The van der Waals surface area contributed by atoms with Crippen molar-refractivity contribution < 1.29 is 4.74 Å². The number of nitrogens with zero attached hydrogens (tertiary/aromatic N) is 1. The van der Waals surface area contributed by atoms with Gasteiger partial charge in [-0.1, -0.05) is 19.9 Å². The Kier molecular flexibility index (Phi) is 4.28. The summed E-state index contributed by atoms with van der Waals surface area (Å²) in [7, 11) is 4.14. The maximum absolute atomic E-state index is 5.82. The van der Waals surface area contributed by atoms with Crippen LogP contribution in [-0.2, 0) is 0 Å². The summed E-state index contributed by atoms with van der Waals surface area (Å²) in [4.78, 5) is 2.14. The van der Waals surface area contributed by atoms with E-state index in [9.17, 15) is 0 Å². The molecule has 0 spiro atoms. The Bertz CT molecular complexity index is 394. The van der Waals surface area contributed by atoms with E-state index in [0.717, 1.165) is 24.8 Å². The third-order valence-electron chi connectivity index (χ3n) is 3.50. The number of hydrogen-bond acceptors (Lipinski definition) is 2. The highest BCUT2D eigenvalue weighted by atomic mass is 16.5. The minimum atomic E-state index is 0.581. The van der Waals surface area contributed by atoms with Gasteiger partial charge in [0.1, 0.15) is 12.4 Å². The highest BCUT2D eigenvalue weighted by Crippen LogP contribution is 2.44. The van der Waals surface area contributed by atoms with Crippen LogP contribution in [0.15, 0.2) is 18.2 Å². The first kappa shape index (κ1) is 13.4. The van der Waals surface area contributed by atoms with Gasteiger partial charge in [0, 0.05) is 6.54 Å². The molecule has 0 N–H and O–H groups in total. The van der Waals surface area contributed by atoms with Crippen LogP contribution in [0.5, 0.6) is 5.75 Å². The summed E-state index contributed by atoms with van der Waals surface area (Å²) in [5.74, 6) is 2.42. The topological polar surface area (TPSA) is 12.5 Å². The summed E-state index contributed by atoms with van der Waals surface area (Å²) in [6.45, 7) is 6.25. The molecule has 0 bridgehead atoms. The van der Waals surface area contributed by atoms with Crippen LogP contribution in [-0.4, -0.2) is 32.1 Å². The maximum atomic E-state index is 5.82. The molecule has 1 aliphatic carbocycles. The molecule has 0 heterocycles. The molecular weight excluding hydrogens is 222 g/mol. The van der Waals surface area contributed by atoms with Gasteiger partial charge < -0.3 is 9.64 Å². The van der Waals surface area contributed by atoms with E-state index in [0.29, 0.717) is 5.92 Å². The average Bonchev–Trinajstić information content (AvgIpc) is 3.12. The first-order chi connectivity index (χ1) is 8.58. The van der Waals surface area contributed by atoms with Crippen LogP contribution < -0.4 is 4.74 Å². The fourth-order valence-electron chi connectivity index (χ4n) is 2.25. The highest BCUT2D eigenvalue weighted by Gasteiger charge is 2.26. The number of benzene rings is 1. The van der Waals surface area contributed by atoms with E-state index in [4.69, 9.17) is 4.74 Å². The predicted molar refractivity (Wildman–Crippen MR) is 76.6 cm³/mol. The molecule has 0 saturated heterocycles. The van der Waals surface area contributed by atoms with Crippen LogP contribution in [0.3, 0.4) is 0 Å². The van der Waals surface area contributed by atoms with E-state index in [-0.39, 0.29) is 0 Å². The Morgan fingerprint density at radius 2 is 2.00 bits per heavy atom. The molecule has 1 aromatic carbocycles. The van der Waals surface area contributed by atoms with Crippen molar-refractivity contribution in [3.05, 3.63) is 29.3 Å². The van der Waals surface area contributed by atoms with Crippen molar-refractivity contribution in [3.63, 3.8) is 0 Å². The zero-order valence-corrected chi connectivity index (χ0v) is 12.1. The minimum absolute atomic E-state index is 0.581. The third kappa shape index (κ3) is 3.49. The molecular formula is C16H25NO. The van der Waals surface area contributed by atoms with E-state index in [1.165, 1.54) is 18.4 Å². The van der Waals surface area contributed by atoms with Gasteiger partial charge in [0.2, 0.25) is 0 Å². The lowest BCUT2D eigenvalue weighted by atomic mass is 9.94. The molecule has 2 heteroatoms. The molecule has 0 radical (unpaired) electrons. The molecule has 1 fully saturated rings. The molecule has 18 heavy (non-hydrogen) atoms. The Balaban J connectivity index is 2.05. The Hall–Kier alpha value is -1.02. The summed E-state index contributed by atoms with van der Waals surface area (Å²) in [6, 6.07) is 6.65. The second-order valence-corrected chi connectivity index (χ2v) is 5.87. The molecule has 1 aromatic rings. The molecule has 0 aromatic heterocycles. The fraction of sp³-hybridized carbons (Fsp3) is 0.625. The second-order valence-electron chi connectivity index (χ2n) is 5.87. The SMILES string of the molecule is CC(C)c1cc(OCCN(C)C)ccc1C1CC1. The molecule has 1 saturated carbocycles. The first-order valence-electron chi connectivity index (χ1n) is 6.99. The summed E-state index contributed by atoms with van der Waals surface area (Å²) >= 11 is 0. The Morgan fingerprint density at radius 3 is 2.56 bits per heavy atom. The van der Waals surface area contributed by atoms with E-state index in [1.807, 2.05) is 0 Å². The lowest BCUT2D eigenvalue weighted by Gasteiger charge is -2.16. The molecule has 2 rings (SSSR count). The standard InChI is InChI=1S/C16H25NO/c1-12(2)16-11-14(18-10-9-17(3)4)7-8-15(16)13-5-6-13/h7-8,11-13H,5-6,9-10H2,1-4H3. The minimum Gasteiger partial charge on any atom is -0.492 e. The van der Waals surface area contributed by atoms with E-state index >= 15 is 0 Å². The second kappa shape index (κ2) is 5.75. The molecule has 100 valence electrons. The van der Waals surface area contributed by atoms with Gasteiger partial charge in [-0.05, 0) is 62.0 Å². The fourth-order valence-corrected chi connectivity index (χ4v) is 2.25. The van der Waals surface area contributed by atoms with Crippen molar-refractivity contribution in [2.24, 2.45) is 0 Å². The molecule has 1 aliphatic rings. The van der Waals surface area contributed by atoms with Crippen molar-refractivity contribution in [3.8, 4) is 5.75 Å². The smallest absolute Gasteiger partial charge is 0.119 e. The monoisotopic (exact) mass is 247 g/mol. The van der Waals surface area contributed by atoms with Gasteiger partial charge in [-0.2, -0.15) is 0 Å². The zero-order chi connectivity index (χ0) is 13.1. The normalized spacial score (nSPS) is 15.4. The van der Waals surface area contributed by atoms with Crippen molar-refractivity contribution in [1.29, 1.82) is 0 Å². The van der Waals surface area contributed by atoms with E-state index in [1.54, 1.807) is 5.56 Å². The van der Waals surface area contributed by atoms with Gasteiger partial charge in [-0.15, -0.1) is 0 Å². The van der Waals surface area contributed by atoms with Crippen LogP contribution in [0.4, 0.5) is 0 Å². The molecule has 0 unspecified atom stereocenters. The van der Waals surface area contributed by atoms with Crippen LogP contribution in [0.25, 0.3) is 0 Å². The van der Waals surface area contributed by atoms with Crippen molar-refractivity contribution in [1.82, 2.24) is 4.90 Å². The highest BCUT2D eigenvalue weighted by molar-refractivity contribution is 5.41. The number of likely N-dealkylation sites (N-methyl/N-ethyl adjacent to an activating group) is 1. The van der Waals surface area contributed by atoms with Crippen LogP contribution in [0, 0.1) is 0 Å². The molecule has 2 nitrogen and oxygen atoms in total. The lowest BCUT2D eigenvalue weighted by Crippen LogP contribution is -2.19. The molecule has 0 atom stereocenters. The third-order valence-corrected chi connectivity index (χ3v) is 3.50. The Morgan fingerprint density at radius 1 is 1.28 bits per heavy atom. The summed E-state index contributed by atoms with van der Waals surface area (Å²) in [6.07, 6.45) is 2.72. The van der Waals surface area contributed by atoms with Crippen molar-refractivity contribution in [2.45, 2.75) is 38.5 Å². The van der Waals surface area contributed by atoms with Gasteiger partial charge in [-0.3, -0.25) is 0 Å². The largest absolute Gasteiger partial charge is 0.492 e. The van der Waals surface area contributed by atoms with Gasteiger partial charge >= 0.3 is 0 Å². The summed E-state index contributed by atoms with van der Waals surface area (Å²) in [5, 5.41) is 0. The van der Waals surface area contributed by atoms with Gasteiger partial charge in [0.05, 0.1) is 0 Å². The van der Waals surface area contributed by atoms with Crippen molar-refractivity contribution in [2.75, 3.05) is 27.2 Å². The first-order valence-corrected chi connectivity index (χ1v) is 6.99. The van der Waals surface area contributed by atoms with Crippen LogP contribution in [0.2, 0.25) is 0 Å². The lowest BCUT2D eigenvalue weighted by molar-refractivity contribution is 0.261. The molecule has 0 amide bonds. The van der Waals surface area contributed by atoms with E-state index in [2.05, 4.69) is 51.0 Å². The van der Waals surface area contributed by atoms with Gasteiger partial charge in [-0.25, -0.2) is 0 Å².